The van der Waals surface area contributed by atoms with E-state index >= 15 is 0 Å². The van der Waals surface area contributed by atoms with Crippen LogP contribution in [0.2, 0.25) is 0 Å². The molecule has 4 aromatic rings. The number of benzene rings is 2. The first-order valence-corrected chi connectivity index (χ1v) is 13.0. The topological polar surface area (TPSA) is 88.9 Å². The molecule has 5 rings (SSSR count). The molecule has 0 spiro atoms. The van der Waals surface area contributed by atoms with Crippen LogP contribution < -0.4 is 10.3 Å². The lowest BCUT2D eigenvalue weighted by atomic mass is 9.92. The monoisotopic (exact) mass is 486 g/mol. The molecule has 0 amide bonds. The van der Waals surface area contributed by atoms with Crippen molar-refractivity contribution >= 4 is 10.9 Å². The van der Waals surface area contributed by atoms with Gasteiger partial charge in [0, 0.05) is 29.1 Å². The molecule has 1 saturated carbocycles. The predicted molar refractivity (Wildman–Crippen MR) is 140 cm³/mol. The van der Waals surface area contributed by atoms with Crippen LogP contribution in [0.3, 0.4) is 0 Å². The van der Waals surface area contributed by atoms with Crippen LogP contribution in [-0.2, 0) is 13.0 Å². The summed E-state index contributed by atoms with van der Waals surface area (Å²) in [5.41, 5.74) is 2.55. The van der Waals surface area contributed by atoms with Crippen molar-refractivity contribution in [3.63, 3.8) is 0 Å². The summed E-state index contributed by atoms with van der Waals surface area (Å²) >= 11 is 0. The number of hydrogen-bond donors (Lipinski definition) is 1. The molecule has 2 aromatic carbocycles. The van der Waals surface area contributed by atoms with E-state index in [1.54, 1.807) is 0 Å². The Morgan fingerprint density at radius 3 is 2.69 bits per heavy atom. The van der Waals surface area contributed by atoms with Gasteiger partial charge in [-0.15, -0.1) is 5.10 Å². The van der Waals surface area contributed by atoms with Crippen molar-refractivity contribution in [1.82, 2.24) is 30.1 Å². The number of H-pyrrole nitrogens is 1. The molecule has 188 valence electrons. The second-order valence-electron chi connectivity index (χ2n) is 9.59. The van der Waals surface area contributed by atoms with Crippen molar-refractivity contribution in [2.24, 2.45) is 0 Å². The summed E-state index contributed by atoms with van der Waals surface area (Å²) in [6.45, 7) is 3.19. The molecule has 0 aliphatic heterocycles. The number of ether oxygens (including phenoxy) is 1. The van der Waals surface area contributed by atoms with Crippen LogP contribution in [0.15, 0.2) is 59.4 Å². The molecule has 1 fully saturated rings. The summed E-state index contributed by atoms with van der Waals surface area (Å²) in [6.07, 6.45) is 6.70. The van der Waals surface area contributed by atoms with Gasteiger partial charge in [0.1, 0.15) is 11.8 Å². The van der Waals surface area contributed by atoms with Crippen molar-refractivity contribution in [2.45, 2.75) is 64.1 Å². The first kappa shape index (κ1) is 24.2. The fourth-order valence-corrected chi connectivity index (χ4v) is 5.35. The van der Waals surface area contributed by atoms with Gasteiger partial charge in [-0.1, -0.05) is 49.6 Å². The Balaban J connectivity index is 1.56. The highest BCUT2D eigenvalue weighted by Gasteiger charge is 2.33. The molecule has 1 N–H and O–H groups in total. The van der Waals surface area contributed by atoms with Crippen LogP contribution in [0.4, 0.5) is 0 Å². The van der Waals surface area contributed by atoms with E-state index in [2.05, 4.69) is 44.6 Å². The fraction of sp³-hybridized carbons (Fsp3) is 0.429. The van der Waals surface area contributed by atoms with Gasteiger partial charge < -0.3 is 9.72 Å². The van der Waals surface area contributed by atoms with E-state index in [0.29, 0.717) is 30.6 Å². The molecule has 8 nitrogen and oxygen atoms in total. The second-order valence-corrected chi connectivity index (χ2v) is 9.59. The summed E-state index contributed by atoms with van der Waals surface area (Å²) in [5.74, 6) is 1.48. The SMILES string of the molecule is CCOc1ccc2[nH]c(=O)c([C@H](c3nnnn3CCc3ccccc3)N(C)C3CCCCC3)cc2c1. The van der Waals surface area contributed by atoms with Crippen LogP contribution in [0, 0.1) is 0 Å². The van der Waals surface area contributed by atoms with Crippen molar-refractivity contribution in [3.8, 4) is 5.75 Å². The highest BCUT2D eigenvalue weighted by Crippen LogP contribution is 2.32. The van der Waals surface area contributed by atoms with Gasteiger partial charge in [-0.05, 0) is 73.5 Å². The average molecular weight is 487 g/mol. The van der Waals surface area contributed by atoms with Crippen LogP contribution in [0.1, 0.15) is 62.0 Å². The van der Waals surface area contributed by atoms with E-state index in [9.17, 15) is 4.79 Å². The summed E-state index contributed by atoms with van der Waals surface area (Å²) in [7, 11) is 2.11. The molecule has 1 aliphatic rings. The molecule has 1 aliphatic carbocycles. The number of nitrogens with zero attached hydrogens (tertiary/aromatic N) is 5. The maximum atomic E-state index is 13.5. The smallest absolute Gasteiger partial charge is 0.253 e. The third kappa shape index (κ3) is 5.18. The standard InChI is InChI=1S/C28H34N6O2/c1-3-36-23-14-15-25-21(18-23)19-24(28(35)29-25)26(33(2)22-12-8-5-9-13-22)27-30-31-32-34(27)17-16-20-10-6-4-7-11-20/h4,6-7,10-11,14-15,18-19,22,26H,3,5,8-9,12-13,16-17H2,1-2H3,(H,29,35)/t26-/m1/s1. The van der Waals surface area contributed by atoms with Crippen LogP contribution in [-0.4, -0.2) is 49.8 Å². The summed E-state index contributed by atoms with van der Waals surface area (Å²) < 4.78 is 7.57. The van der Waals surface area contributed by atoms with E-state index in [4.69, 9.17) is 4.74 Å². The molecule has 1 atom stereocenters. The molecule has 36 heavy (non-hydrogen) atoms. The number of aromatic amines is 1. The fourth-order valence-electron chi connectivity index (χ4n) is 5.35. The lowest BCUT2D eigenvalue weighted by molar-refractivity contribution is 0.148. The minimum atomic E-state index is -0.359. The summed E-state index contributed by atoms with van der Waals surface area (Å²) in [5, 5.41) is 13.8. The number of rotatable bonds is 9. The molecule has 2 heterocycles. The number of aromatic nitrogens is 5. The van der Waals surface area contributed by atoms with Crippen molar-refractivity contribution in [2.75, 3.05) is 13.7 Å². The molecular formula is C28H34N6O2. The first-order chi connectivity index (χ1) is 17.6. The number of aryl methyl sites for hydroxylation is 2. The molecule has 0 saturated heterocycles. The zero-order valence-electron chi connectivity index (χ0n) is 21.1. The number of hydrogen-bond acceptors (Lipinski definition) is 6. The zero-order valence-corrected chi connectivity index (χ0v) is 21.1. The third-order valence-electron chi connectivity index (χ3n) is 7.27. The Hall–Kier alpha value is -3.52. The normalized spacial score (nSPS) is 15.4. The predicted octanol–water partition coefficient (Wildman–Crippen LogP) is 4.51. The van der Waals surface area contributed by atoms with Gasteiger partial charge >= 0.3 is 0 Å². The number of fused-ring (bicyclic) bond motifs is 1. The minimum absolute atomic E-state index is 0.114. The summed E-state index contributed by atoms with van der Waals surface area (Å²) in [4.78, 5) is 18.9. The van der Waals surface area contributed by atoms with Gasteiger partial charge in [-0.25, -0.2) is 4.68 Å². The van der Waals surface area contributed by atoms with Crippen molar-refractivity contribution in [3.05, 3.63) is 81.9 Å². The number of tetrazole rings is 1. The number of pyridine rings is 1. The molecule has 0 radical (unpaired) electrons. The molecule has 0 bridgehead atoms. The van der Waals surface area contributed by atoms with E-state index in [0.717, 1.165) is 35.9 Å². The van der Waals surface area contributed by atoms with Gasteiger partial charge in [-0.3, -0.25) is 9.69 Å². The lowest BCUT2D eigenvalue weighted by Gasteiger charge is -2.36. The Labute approximate surface area is 211 Å². The third-order valence-corrected chi connectivity index (χ3v) is 7.27. The lowest BCUT2D eigenvalue weighted by Crippen LogP contribution is -2.40. The zero-order chi connectivity index (χ0) is 24.9. The Kier molecular flexibility index (Phi) is 7.41. The molecular weight excluding hydrogens is 452 g/mol. The Morgan fingerprint density at radius 1 is 1.11 bits per heavy atom. The van der Waals surface area contributed by atoms with Crippen LogP contribution >= 0.6 is 0 Å². The van der Waals surface area contributed by atoms with Crippen molar-refractivity contribution < 1.29 is 4.74 Å². The highest BCUT2D eigenvalue weighted by atomic mass is 16.5. The van der Waals surface area contributed by atoms with E-state index in [1.165, 1.54) is 24.8 Å². The first-order valence-electron chi connectivity index (χ1n) is 13.0. The number of nitrogens with one attached hydrogen (secondary N) is 1. The molecule has 2 aromatic heterocycles. The maximum absolute atomic E-state index is 13.5. The van der Waals surface area contributed by atoms with Gasteiger partial charge in [-0.2, -0.15) is 0 Å². The van der Waals surface area contributed by atoms with Crippen LogP contribution in [0.25, 0.3) is 10.9 Å². The van der Waals surface area contributed by atoms with Crippen molar-refractivity contribution in [1.29, 1.82) is 0 Å². The highest BCUT2D eigenvalue weighted by molar-refractivity contribution is 5.80. The summed E-state index contributed by atoms with van der Waals surface area (Å²) in [6, 6.07) is 18.1. The van der Waals surface area contributed by atoms with E-state index in [1.807, 2.05) is 54.1 Å². The average Bonchev–Trinajstić information content (AvgIpc) is 3.37. The van der Waals surface area contributed by atoms with Gasteiger partial charge in [0.2, 0.25) is 0 Å². The van der Waals surface area contributed by atoms with E-state index in [-0.39, 0.29) is 11.6 Å². The van der Waals surface area contributed by atoms with Gasteiger partial charge in [0.25, 0.3) is 5.56 Å². The minimum Gasteiger partial charge on any atom is -0.494 e. The van der Waals surface area contributed by atoms with Gasteiger partial charge in [0.15, 0.2) is 5.82 Å². The molecule has 0 unspecified atom stereocenters. The Morgan fingerprint density at radius 2 is 1.92 bits per heavy atom. The van der Waals surface area contributed by atoms with E-state index < -0.39 is 0 Å². The Bertz CT molecular complexity index is 1340. The van der Waals surface area contributed by atoms with Crippen LogP contribution in [0.5, 0.6) is 5.75 Å². The quantitative estimate of drug-likeness (QED) is 0.374. The molecule has 8 heteroatoms. The maximum Gasteiger partial charge on any atom is 0.253 e. The van der Waals surface area contributed by atoms with Gasteiger partial charge in [0.05, 0.1) is 6.61 Å². The second kappa shape index (κ2) is 11.0. The largest absolute Gasteiger partial charge is 0.494 e.